The van der Waals surface area contributed by atoms with Crippen LogP contribution in [0.2, 0.25) is 5.15 Å². The summed E-state index contributed by atoms with van der Waals surface area (Å²) in [5.41, 5.74) is 6.55. The molecule has 0 aliphatic heterocycles. The number of benzene rings is 1. The zero-order valence-electron chi connectivity index (χ0n) is 11.1. The lowest BCUT2D eigenvalue weighted by Crippen LogP contribution is -2.50. The summed E-state index contributed by atoms with van der Waals surface area (Å²) in [5, 5.41) is 2.86. The van der Waals surface area contributed by atoms with Gasteiger partial charge in [0, 0.05) is 0 Å². The summed E-state index contributed by atoms with van der Waals surface area (Å²) in [7, 11) is 0. The molecule has 6 heteroatoms. The van der Waals surface area contributed by atoms with Gasteiger partial charge < -0.3 is 11.1 Å². The minimum atomic E-state index is -0.892. The Labute approximate surface area is 121 Å². The molecule has 1 fully saturated rings. The van der Waals surface area contributed by atoms with E-state index in [1.165, 1.54) is 0 Å². The van der Waals surface area contributed by atoms with E-state index >= 15 is 0 Å². The van der Waals surface area contributed by atoms with E-state index in [-0.39, 0.29) is 22.8 Å². The van der Waals surface area contributed by atoms with Crippen LogP contribution in [-0.2, 0) is 4.79 Å². The maximum atomic E-state index is 12.2. The number of rotatable bonds is 3. The van der Waals surface area contributed by atoms with Gasteiger partial charge in [-0.2, -0.15) is 0 Å². The molecule has 1 atom stereocenters. The van der Waals surface area contributed by atoms with E-state index in [1.54, 1.807) is 6.92 Å². The number of hydrogen-bond acceptors (Lipinski definition) is 4. The Bertz CT molecular complexity index is 682. The quantitative estimate of drug-likeness (QED) is 0.909. The van der Waals surface area contributed by atoms with Gasteiger partial charge in [0.25, 0.3) is 0 Å². The maximum absolute atomic E-state index is 12.2. The third-order valence-corrected chi connectivity index (χ3v) is 3.94. The molecule has 0 bridgehead atoms. The Morgan fingerprint density at radius 2 is 1.95 bits per heavy atom. The standard InChI is InChI=1S/C14H15ClN4O/c1-14(16,8-6-7-8)13(20)19-12-11(15)17-9-4-2-3-5-10(9)18-12/h2-5,8H,6-7,16H2,1H3,(H,18,19,20). The number of para-hydroxylation sites is 2. The molecule has 1 aliphatic carbocycles. The summed E-state index contributed by atoms with van der Waals surface area (Å²) in [6, 6.07) is 7.34. The van der Waals surface area contributed by atoms with Crippen LogP contribution in [0.3, 0.4) is 0 Å². The Hall–Kier alpha value is -1.72. The number of carbonyl (C=O) groups is 1. The second-order valence-electron chi connectivity index (χ2n) is 5.36. The van der Waals surface area contributed by atoms with Crippen molar-refractivity contribution in [3.05, 3.63) is 29.4 Å². The predicted molar refractivity (Wildman–Crippen MR) is 78.5 cm³/mol. The van der Waals surface area contributed by atoms with Gasteiger partial charge >= 0.3 is 0 Å². The third kappa shape index (κ3) is 2.34. The molecule has 20 heavy (non-hydrogen) atoms. The second kappa shape index (κ2) is 4.68. The number of nitrogens with zero attached hydrogens (tertiary/aromatic N) is 2. The Kier molecular flexibility index (Phi) is 3.11. The van der Waals surface area contributed by atoms with Crippen molar-refractivity contribution >= 4 is 34.4 Å². The van der Waals surface area contributed by atoms with Gasteiger partial charge in [0.15, 0.2) is 11.0 Å². The number of nitrogens with two attached hydrogens (primary N) is 1. The van der Waals surface area contributed by atoms with Crippen LogP contribution in [0.25, 0.3) is 11.0 Å². The minimum absolute atomic E-state index is 0.170. The molecule has 1 heterocycles. The first-order chi connectivity index (χ1) is 9.48. The van der Waals surface area contributed by atoms with Crippen molar-refractivity contribution in [2.24, 2.45) is 11.7 Å². The molecule has 1 aliphatic rings. The fourth-order valence-corrected chi connectivity index (χ4v) is 2.35. The highest BCUT2D eigenvalue weighted by Gasteiger charge is 2.44. The number of anilines is 1. The first kappa shape index (κ1) is 13.3. The smallest absolute Gasteiger partial charge is 0.245 e. The lowest BCUT2D eigenvalue weighted by Gasteiger charge is -2.22. The Morgan fingerprint density at radius 3 is 2.55 bits per heavy atom. The van der Waals surface area contributed by atoms with Crippen molar-refractivity contribution in [1.82, 2.24) is 9.97 Å². The molecule has 5 nitrogen and oxygen atoms in total. The van der Waals surface area contributed by atoms with Gasteiger partial charge in [-0.1, -0.05) is 23.7 Å². The minimum Gasteiger partial charge on any atom is -0.317 e. The molecule has 3 N–H and O–H groups in total. The van der Waals surface area contributed by atoms with E-state index < -0.39 is 5.54 Å². The molecule has 2 aromatic rings. The summed E-state index contributed by atoms with van der Waals surface area (Å²) in [6.45, 7) is 1.74. The van der Waals surface area contributed by atoms with E-state index in [0.717, 1.165) is 12.8 Å². The largest absolute Gasteiger partial charge is 0.317 e. The molecule has 104 valence electrons. The first-order valence-electron chi connectivity index (χ1n) is 6.51. The zero-order chi connectivity index (χ0) is 14.3. The molecular formula is C14H15ClN4O. The number of halogens is 1. The predicted octanol–water partition coefficient (Wildman–Crippen LogP) is 2.35. The van der Waals surface area contributed by atoms with E-state index in [2.05, 4.69) is 15.3 Å². The highest BCUT2D eigenvalue weighted by Crippen LogP contribution is 2.38. The molecule has 1 saturated carbocycles. The number of nitrogens with one attached hydrogen (secondary N) is 1. The number of amides is 1. The average Bonchev–Trinajstić information content (AvgIpc) is 3.24. The lowest BCUT2D eigenvalue weighted by atomic mass is 9.96. The molecule has 0 radical (unpaired) electrons. The van der Waals surface area contributed by atoms with Crippen molar-refractivity contribution in [2.75, 3.05) is 5.32 Å². The molecule has 1 aromatic heterocycles. The molecule has 1 unspecified atom stereocenters. The van der Waals surface area contributed by atoms with Crippen LogP contribution in [-0.4, -0.2) is 21.4 Å². The number of fused-ring (bicyclic) bond motifs is 1. The van der Waals surface area contributed by atoms with Crippen molar-refractivity contribution < 1.29 is 4.79 Å². The van der Waals surface area contributed by atoms with E-state index in [0.29, 0.717) is 11.0 Å². The van der Waals surface area contributed by atoms with Crippen molar-refractivity contribution in [1.29, 1.82) is 0 Å². The Morgan fingerprint density at radius 1 is 1.35 bits per heavy atom. The van der Waals surface area contributed by atoms with E-state index in [4.69, 9.17) is 17.3 Å². The van der Waals surface area contributed by atoms with Crippen molar-refractivity contribution in [3.63, 3.8) is 0 Å². The molecule has 0 saturated heterocycles. The van der Waals surface area contributed by atoms with Crippen LogP contribution < -0.4 is 11.1 Å². The van der Waals surface area contributed by atoms with Crippen LogP contribution in [0.1, 0.15) is 19.8 Å². The molecule has 1 amide bonds. The SMILES string of the molecule is CC(N)(C(=O)Nc1nc2ccccc2nc1Cl)C1CC1. The summed E-state index contributed by atoms with van der Waals surface area (Å²) < 4.78 is 0. The van der Waals surface area contributed by atoms with Gasteiger partial charge in [-0.25, -0.2) is 9.97 Å². The van der Waals surface area contributed by atoms with E-state index in [1.807, 2.05) is 24.3 Å². The van der Waals surface area contributed by atoms with Crippen LogP contribution >= 0.6 is 11.6 Å². The normalized spacial score (nSPS) is 17.8. The average molecular weight is 291 g/mol. The third-order valence-electron chi connectivity index (χ3n) is 3.67. The zero-order valence-corrected chi connectivity index (χ0v) is 11.8. The van der Waals surface area contributed by atoms with Gasteiger partial charge in [-0.05, 0) is 37.8 Å². The van der Waals surface area contributed by atoms with Crippen molar-refractivity contribution in [2.45, 2.75) is 25.3 Å². The van der Waals surface area contributed by atoms with E-state index in [9.17, 15) is 4.79 Å². The van der Waals surface area contributed by atoms with Gasteiger partial charge in [0.2, 0.25) is 5.91 Å². The van der Waals surface area contributed by atoms with Crippen LogP contribution in [0.4, 0.5) is 5.82 Å². The summed E-state index contributed by atoms with van der Waals surface area (Å²) in [5.74, 6) is 0.217. The van der Waals surface area contributed by atoms with Crippen LogP contribution in [0, 0.1) is 5.92 Å². The molecule has 3 rings (SSSR count). The first-order valence-corrected chi connectivity index (χ1v) is 6.89. The van der Waals surface area contributed by atoms with Crippen LogP contribution in [0.15, 0.2) is 24.3 Å². The van der Waals surface area contributed by atoms with Crippen molar-refractivity contribution in [3.8, 4) is 0 Å². The van der Waals surface area contributed by atoms with Gasteiger partial charge in [0.05, 0.1) is 16.6 Å². The molecule has 0 spiro atoms. The van der Waals surface area contributed by atoms with Gasteiger partial charge in [0.1, 0.15) is 0 Å². The highest BCUT2D eigenvalue weighted by atomic mass is 35.5. The number of hydrogen-bond donors (Lipinski definition) is 2. The summed E-state index contributed by atoms with van der Waals surface area (Å²) >= 11 is 6.06. The molecule has 1 aromatic carbocycles. The maximum Gasteiger partial charge on any atom is 0.245 e. The fraction of sp³-hybridized carbons (Fsp3) is 0.357. The highest BCUT2D eigenvalue weighted by molar-refractivity contribution is 6.32. The van der Waals surface area contributed by atoms with Gasteiger partial charge in [-0.15, -0.1) is 0 Å². The van der Waals surface area contributed by atoms with Crippen LogP contribution in [0.5, 0.6) is 0 Å². The monoisotopic (exact) mass is 290 g/mol. The van der Waals surface area contributed by atoms with Gasteiger partial charge in [-0.3, -0.25) is 4.79 Å². The summed E-state index contributed by atoms with van der Waals surface area (Å²) in [4.78, 5) is 20.8. The Balaban J connectivity index is 1.90. The number of carbonyl (C=O) groups excluding carboxylic acids is 1. The topological polar surface area (TPSA) is 80.9 Å². The lowest BCUT2D eigenvalue weighted by molar-refractivity contribution is -0.121. The fourth-order valence-electron chi connectivity index (χ4n) is 2.17. The molecular weight excluding hydrogens is 276 g/mol. The number of aromatic nitrogens is 2. The summed E-state index contributed by atoms with van der Waals surface area (Å²) in [6.07, 6.45) is 1.97. The second-order valence-corrected chi connectivity index (χ2v) is 5.72.